The molecule has 0 unspecified atom stereocenters. The second kappa shape index (κ2) is 7.31. The van der Waals surface area contributed by atoms with Crippen LogP contribution in [0.1, 0.15) is 19.0 Å². The van der Waals surface area contributed by atoms with Crippen molar-refractivity contribution in [1.82, 2.24) is 20.2 Å². The van der Waals surface area contributed by atoms with Crippen molar-refractivity contribution in [2.24, 2.45) is 5.73 Å². The first-order chi connectivity index (χ1) is 12.1. The van der Waals surface area contributed by atoms with Gasteiger partial charge in [-0.25, -0.2) is 9.97 Å². The highest BCUT2D eigenvalue weighted by molar-refractivity contribution is 5.74. The Morgan fingerprint density at radius 1 is 1.24 bits per heavy atom. The van der Waals surface area contributed by atoms with Crippen molar-refractivity contribution in [3.63, 3.8) is 0 Å². The molecule has 1 aromatic carbocycles. The molecule has 0 aliphatic carbocycles. The van der Waals surface area contributed by atoms with E-state index in [1.54, 1.807) is 18.5 Å². The van der Waals surface area contributed by atoms with E-state index in [2.05, 4.69) is 25.5 Å². The van der Waals surface area contributed by atoms with Gasteiger partial charge in [0.1, 0.15) is 11.6 Å². The maximum atomic E-state index is 10.3. The number of anilines is 1. The summed E-state index contributed by atoms with van der Waals surface area (Å²) in [5.74, 6) is 1.30. The van der Waals surface area contributed by atoms with Crippen LogP contribution < -0.4 is 11.1 Å². The molecular formula is C18H22N6O. The average molecular weight is 338 g/mol. The van der Waals surface area contributed by atoms with Crippen LogP contribution in [0.5, 0.6) is 5.75 Å². The maximum Gasteiger partial charge on any atom is 0.165 e. The van der Waals surface area contributed by atoms with E-state index in [9.17, 15) is 5.11 Å². The summed E-state index contributed by atoms with van der Waals surface area (Å²) in [5, 5.41) is 20.3. The SMILES string of the molecule is CC[C@H](N)CNc1cc(C)nc(-c2cc(-c3cn[nH]c3)ccc2O)n1. The van der Waals surface area contributed by atoms with E-state index in [0.717, 1.165) is 23.2 Å². The van der Waals surface area contributed by atoms with E-state index in [-0.39, 0.29) is 11.8 Å². The molecule has 0 radical (unpaired) electrons. The summed E-state index contributed by atoms with van der Waals surface area (Å²) in [6.07, 6.45) is 4.41. The first kappa shape index (κ1) is 16.9. The molecule has 0 saturated heterocycles. The molecule has 1 atom stereocenters. The zero-order valence-electron chi connectivity index (χ0n) is 14.3. The minimum absolute atomic E-state index is 0.0662. The Morgan fingerprint density at radius 2 is 2.08 bits per heavy atom. The normalized spacial score (nSPS) is 12.1. The second-order valence-electron chi connectivity index (χ2n) is 5.99. The lowest BCUT2D eigenvalue weighted by atomic mass is 10.0. The molecule has 25 heavy (non-hydrogen) atoms. The van der Waals surface area contributed by atoms with Crippen LogP contribution in [0.25, 0.3) is 22.5 Å². The molecule has 0 saturated carbocycles. The summed E-state index contributed by atoms with van der Waals surface area (Å²) in [7, 11) is 0. The second-order valence-corrected chi connectivity index (χ2v) is 5.99. The number of aromatic hydroxyl groups is 1. The third kappa shape index (κ3) is 3.95. The minimum Gasteiger partial charge on any atom is -0.507 e. The third-order valence-electron chi connectivity index (χ3n) is 3.99. The Hall–Kier alpha value is -2.93. The van der Waals surface area contributed by atoms with Gasteiger partial charge in [-0.2, -0.15) is 5.10 Å². The summed E-state index contributed by atoms with van der Waals surface area (Å²) >= 11 is 0. The molecule has 5 N–H and O–H groups in total. The molecule has 3 rings (SSSR count). The zero-order chi connectivity index (χ0) is 17.8. The van der Waals surface area contributed by atoms with Gasteiger partial charge in [-0.1, -0.05) is 13.0 Å². The first-order valence-electron chi connectivity index (χ1n) is 8.24. The van der Waals surface area contributed by atoms with Crippen LogP contribution in [0.4, 0.5) is 5.82 Å². The smallest absolute Gasteiger partial charge is 0.165 e. The van der Waals surface area contributed by atoms with Crippen LogP contribution >= 0.6 is 0 Å². The van der Waals surface area contributed by atoms with Crippen LogP contribution in [0.3, 0.4) is 0 Å². The number of nitrogens with two attached hydrogens (primary N) is 1. The van der Waals surface area contributed by atoms with Crippen molar-refractivity contribution >= 4 is 5.82 Å². The van der Waals surface area contributed by atoms with Gasteiger partial charge in [0.25, 0.3) is 0 Å². The van der Waals surface area contributed by atoms with Crippen LogP contribution in [0.2, 0.25) is 0 Å². The number of benzene rings is 1. The van der Waals surface area contributed by atoms with Crippen LogP contribution in [0, 0.1) is 6.92 Å². The van der Waals surface area contributed by atoms with Gasteiger partial charge in [0.15, 0.2) is 5.82 Å². The molecule has 0 fully saturated rings. The van der Waals surface area contributed by atoms with Crippen molar-refractivity contribution in [3.05, 3.63) is 42.4 Å². The van der Waals surface area contributed by atoms with Gasteiger partial charge in [0.2, 0.25) is 0 Å². The fraction of sp³-hybridized carbons (Fsp3) is 0.278. The third-order valence-corrected chi connectivity index (χ3v) is 3.99. The van der Waals surface area contributed by atoms with Crippen LogP contribution in [0.15, 0.2) is 36.7 Å². The van der Waals surface area contributed by atoms with Gasteiger partial charge in [0, 0.05) is 36.1 Å². The Morgan fingerprint density at radius 3 is 2.80 bits per heavy atom. The number of rotatable bonds is 6. The Balaban J connectivity index is 1.95. The number of hydrogen-bond donors (Lipinski definition) is 4. The highest BCUT2D eigenvalue weighted by Crippen LogP contribution is 2.32. The van der Waals surface area contributed by atoms with Gasteiger partial charge in [0.05, 0.1) is 11.8 Å². The van der Waals surface area contributed by atoms with E-state index < -0.39 is 0 Å². The molecule has 130 valence electrons. The number of H-pyrrole nitrogens is 1. The fourth-order valence-corrected chi connectivity index (χ4v) is 2.46. The Labute approximate surface area is 146 Å². The molecule has 0 bridgehead atoms. The molecule has 0 aliphatic heterocycles. The molecule has 2 heterocycles. The number of aromatic nitrogens is 4. The molecule has 0 spiro atoms. The number of nitrogens with zero attached hydrogens (tertiary/aromatic N) is 3. The molecule has 3 aromatic rings. The standard InChI is InChI=1S/C18H22N6O/c1-3-14(19)10-20-17-6-11(2)23-18(24-17)15-7-12(4-5-16(15)25)13-8-21-22-9-13/h4-9,14,25H,3,10,19H2,1-2H3,(H,21,22)(H,20,23,24)/t14-/m0/s1. The summed E-state index contributed by atoms with van der Waals surface area (Å²) in [6, 6.07) is 7.26. The quantitative estimate of drug-likeness (QED) is 0.550. The van der Waals surface area contributed by atoms with Gasteiger partial charge in [-0.05, 0) is 31.0 Å². The fourth-order valence-electron chi connectivity index (χ4n) is 2.46. The highest BCUT2D eigenvalue weighted by atomic mass is 16.3. The number of phenols is 1. The van der Waals surface area contributed by atoms with Gasteiger partial charge >= 0.3 is 0 Å². The van der Waals surface area contributed by atoms with Crippen molar-refractivity contribution in [3.8, 4) is 28.3 Å². The topological polar surface area (TPSA) is 113 Å². The minimum atomic E-state index is 0.0662. The van der Waals surface area contributed by atoms with Gasteiger partial charge in [-0.15, -0.1) is 0 Å². The molecule has 2 aromatic heterocycles. The lowest BCUT2D eigenvalue weighted by Gasteiger charge is -2.13. The zero-order valence-corrected chi connectivity index (χ0v) is 14.3. The number of phenolic OH excluding ortho intramolecular Hbond substituents is 1. The molecule has 7 heteroatoms. The first-order valence-corrected chi connectivity index (χ1v) is 8.24. The van der Waals surface area contributed by atoms with Crippen molar-refractivity contribution in [2.45, 2.75) is 26.3 Å². The van der Waals surface area contributed by atoms with Gasteiger partial charge in [-0.3, -0.25) is 5.10 Å². The van der Waals surface area contributed by atoms with Crippen LogP contribution in [-0.4, -0.2) is 37.9 Å². The summed E-state index contributed by atoms with van der Waals surface area (Å²) in [4.78, 5) is 9.00. The average Bonchev–Trinajstić information content (AvgIpc) is 3.14. The number of nitrogens with one attached hydrogen (secondary N) is 2. The number of hydrogen-bond acceptors (Lipinski definition) is 6. The number of aromatic amines is 1. The van der Waals surface area contributed by atoms with E-state index in [4.69, 9.17) is 5.73 Å². The van der Waals surface area contributed by atoms with E-state index in [1.165, 1.54) is 0 Å². The predicted molar refractivity (Wildman–Crippen MR) is 98.2 cm³/mol. The van der Waals surface area contributed by atoms with E-state index >= 15 is 0 Å². The van der Waals surface area contributed by atoms with Crippen molar-refractivity contribution in [1.29, 1.82) is 0 Å². The molecule has 0 amide bonds. The Kier molecular flexibility index (Phi) is 4.95. The molecular weight excluding hydrogens is 316 g/mol. The van der Waals surface area contributed by atoms with E-state index in [1.807, 2.05) is 32.0 Å². The Bertz CT molecular complexity index is 847. The number of aryl methyl sites for hydroxylation is 1. The lowest BCUT2D eigenvalue weighted by molar-refractivity contribution is 0.477. The highest BCUT2D eigenvalue weighted by Gasteiger charge is 2.12. The largest absolute Gasteiger partial charge is 0.507 e. The predicted octanol–water partition coefficient (Wildman–Crippen LogP) is 2.70. The van der Waals surface area contributed by atoms with Crippen molar-refractivity contribution in [2.75, 3.05) is 11.9 Å². The van der Waals surface area contributed by atoms with Gasteiger partial charge < -0.3 is 16.2 Å². The van der Waals surface area contributed by atoms with Crippen molar-refractivity contribution < 1.29 is 5.11 Å². The lowest BCUT2D eigenvalue weighted by Crippen LogP contribution is -2.28. The molecule has 0 aliphatic rings. The maximum absolute atomic E-state index is 10.3. The van der Waals surface area contributed by atoms with Crippen LogP contribution in [-0.2, 0) is 0 Å². The summed E-state index contributed by atoms with van der Waals surface area (Å²) in [5.41, 5.74) is 9.19. The monoisotopic (exact) mass is 338 g/mol. The molecule has 7 nitrogen and oxygen atoms in total. The van der Waals surface area contributed by atoms with E-state index in [0.29, 0.717) is 23.8 Å². The summed E-state index contributed by atoms with van der Waals surface area (Å²) in [6.45, 7) is 4.57. The summed E-state index contributed by atoms with van der Waals surface area (Å²) < 4.78 is 0.